The van der Waals surface area contributed by atoms with Gasteiger partial charge in [0.05, 0.1) is 26.7 Å². The minimum Gasteiger partial charge on any atom is -0.493 e. The minimum atomic E-state index is -0.617. The highest BCUT2D eigenvalue weighted by molar-refractivity contribution is 6.10. The van der Waals surface area contributed by atoms with Gasteiger partial charge >= 0.3 is 0 Å². The number of amides is 2. The molecule has 2 amide bonds. The Labute approximate surface area is 201 Å². The molecule has 0 saturated carbocycles. The smallest absolute Gasteiger partial charge is 0.242 e. The van der Waals surface area contributed by atoms with Crippen LogP contribution in [0.5, 0.6) is 17.2 Å². The first-order valence-corrected chi connectivity index (χ1v) is 11.5. The number of rotatable bonds is 7. The van der Waals surface area contributed by atoms with Gasteiger partial charge in [-0.05, 0) is 31.5 Å². The van der Waals surface area contributed by atoms with Crippen LogP contribution in [0.3, 0.4) is 0 Å². The Balaban J connectivity index is 1.39. The van der Waals surface area contributed by atoms with Gasteiger partial charge in [0.2, 0.25) is 17.6 Å². The van der Waals surface area contributed by atoms with Crippen molar-refractivity contribution in [2.75, 3.05) is 59.0 Å². The number of anilines is 1. The van der Waals surface area contributed by atoms with E-state index in [1.165, 1.54) is 0 Å². The van der Waals surface area contributed by atoms with Crippen molar-refractivity contribution in [3.63, 3.8) is 0 Å². The molecule has 1 fully saturated rings. The highest BCUT2D eigenvalue weighted by Gasteiger charge is 2.44. The number of piperazine rings is 1. The molecule has 0 N–H and O–H groups in total. The zero-order valence-corrected chi connectivity index (χ0v) is 20.6. The van der Waals surface area contributed by atoms with E-state index in [4.69, 9.17) is 14.2 Å². The number of fused-ring (bicyclic) bond motifs is 1. The Kier molecular flexibility index (Phi) is 6.70. The molecule has 2 aromatic rings. The lowest BCUT2D eigenvalue weighted by Crippen LogP contribution is -2.51. The molecule has 2 aliphatic heterocycles. The Bertz CT molecular complexity index is 1080. The molecule has 0 unspecified atom stereocenters. The molecule has 0 radical (unpaired) electrons. The maximum absolute atomic E-state index is 13.1. The third-order valence-electron chi connectivity index (χ3n) is 6.85. The maximum Gasteiger partial charge on any atom is 0.242 e. The second-order valence-corrected chi connectivity index (χ2v) is 9.18. The molecular formula is C26H33N3O5. The summed E-state index contributed by atoms with van der Waals surface area (Å²) in [5.74, 6) is 1.81. The lowest BCUT2D eigenvalue weighted by Gasteiger charge is -2.36. The van der Waals surface area contributed by atoms with Gasteiger partial charge in [-0.15, -0.1) is 0 Å². The number of hydrogen-bond acceptors (Lipinski definition) is 6. The summed E-state index contributed by atoms with van der Waals surface area (Å²) in [7, 11) is 4.82. The standard InChI is InChI=1S/C26H33N3O5/c1-26(2)19-8-6-7-9-20(19)29(25(26)31)17-22(30)28-14-12-27(13-15-28)16-18-10-11-21(32-3)24(34-5)23(18)33-4/h6-11H,12-17H2,1-5H3. The number of carbonyl (C=O) groups excluding carboxylic acids is 2. The number of hydrogen-bond donors (Lipinski definition) is 0. The quantitative estimate of drug-likeness (QED) is 0.624. The number of benzene rings is 2. The van der Waals surface area contributed by atoms with Gasteiger partial charge in [-0.3, -0.25) is 14.5 Å². The fourth-order valence-electron chi connectivity index (χ4n) is 4.88. The lowest BCUT2D eigenvalue weighted by molar-refractivity contribution is -0.133. The molecule has 182 valence electrons. The second kappa shape index (κ2) is 9.54. The summed E-state index contributed by atoms with van der Waals surface area (Å²) < 4.78 is 16.5. The predicted octanol–water partition coefficient (Wildman–Crippen LogP) is 2.68. The van der Waals surface area contributed by atoms with E-state index in [9.17, 15) is 9.59 Å². The molecule has 2 aliphatic rings. The minimum absolute atomic E-state index is 0.0239. The molecule has 0 aromatic heterocycles. The van der Waals surface area contributed by atoms with E-state index < -0.39 is 5.41 Å². The molecule has 34 heavy (non-hydrogen) atoms. The molecular weight excluding hydrogens is 434 g/mol. The fourth-order valence-corrected chi connectivity index (χ4v) is 4.88. The van der Waals surface area contributed by atoms with Crippen LogP contribution < -0.4 is 19.1 Å². The van der Waals surface area contributed by atoms with Gasteiger partial charge in [0.25, 0.3) is 0 Å². The van der Waals surface area contributed by atoms with Gasteiger partial charge in [0.15, 0.2) is 11.5 Å². The first kappa shape index (κ1) is 23.9. The van der Waals surface area contributed by atoms with Crippen LogP contribution in [0.25, 0.3) is 0 Å². The van der Waals surface area contributed by atoms with E-state index in [-0.39, 0.29) is 18.4 Å². The monoisotopic (exact) mass is 467 g/mol. The van der Waals surface area contributed by atoms with E-state index >= 15 is 0 Å². The normalized spacial score (nSPS) is 17.5. The number of nitrogens with zero attached hydrogens (tertiary/aromatic N) is 3. The predicted molar refractivity (Wildman–Crippen MR) is 130 cm³/mol. The average Bonchev–Trinajstić information content (AvgIpc) is 3.04. The third kappa shape index (κ3) is 4.18. The summed E-state index contributed by atoms with van der Waals surface area (Å²) in [6, 6.07) is 11.6. The first-order valence-electron chi connectivity index (χ1n) is 11.5. The van der Waals surface area contributed by atoms with E-state index in [0.29, 0.717) is 36.9 Å². The van der Waals surface area contributed by atoms with Crippen molar-refractivity contribution in [1.82, 2.24) is 9.80 Å². The number of carbonyl (C=O) groups is 2. The number of para-hydroxylation sites is 1. The van der Waals surface area contributed by atoms with Gasteiger partial charge in [0.1, 0.15) is 6.54 Å². The van der Waals surface area contributed by atoms with Gasteiger partial charge < -0.3 is 24.0 Å². The van der Waals surface area contributed by atoms with Crippen LogP contribution in [0.4, 0.5) is 5.69 Å². The van der Waals surface area contributed by atoms with Crippen LogP contribution in [0, 0.1) is 0 Å². The Hall–Kier alpha value is -3.26. The Morgan fingerprint density at radius 1 is 0.912 bits per heavy atom. The molecule has 8 nitrogen and oxygen atoms in total. The van der Waals surface area contributed by atoms with Crippen molar-refractivity contribution < 1.29 is 23.8 Å². The summed E-state index contributed by atoms with van der Waals surface area (Å²) in [6.07, 6.45) is 0. The fraction of sp³-hybridized carbons (Fsp3) is 0.462. The van der Waals surface area contributed by atoms with E-state index in [1.54, 1.807) is 26.2 Å². The van der Waals surface area contributed by atoms with Gasteiger partial charge in [-0.25, -0.2) is 0 Å². The third-order valence-corrected chi connectivity index (χ3v) is 6.85. The molecule has 4 rings (SSSR count). The van der Waals surface area contributed by atoms with Crippen LogP contribution in [-0.2, 0) is 21.5 Å². The topological polar surface area (TPSA) is 71.6 Å². The Morgan fingerprint density at radius 3 is 2.24 bits per heavy atom. The molecule has 0 bridgehead atoms. The van der Waals surface area contributed by atoms with Gasteiger partial charge in [-0.1, -0.05) is 24.3 Å². The van der Waals surface area contributed by atoms with Crippen LogP contribution in [0.2, 0.25) is 0 Å². The van der Waals surface area contributed by atoms with Crippen molar-refractivity contribution in [2.45, 2.75) is 25.8 Å². The van der Waals surface area contributed by atoms with Crippen molar-refractivity contribution in [3.05, 3.63) is 47.5 Å². The summed E-state index contributed by atoms with van der Waals surface area (Å²) in [4.78, 5) is 31.9. The highest BCUT2D eigenvalue weighted by Crippen LogP contribution is 2.42. The highest BCUT2D eigenvalue weighted by atomic mass is 16.5. The summed E-state index contributed by atoms with van der Waals surface area (Å²) in [5, 5.41) is 0. The second-order valence-electron chi connectivity index (χ2n) is 9.18. The lowest BCUT2D eigenvalue weighted by atomic mass is 9.86. The molecule has 0 aliphatic carbocycles. The van der Waals surface area contributed by atoms with Gasteiger partial charge in [-0.2, -0.15) is 0 Å². The van der Waals surface area contributed by atoms with Crippen molar-refractivity contribution in [1.29, 1.82) is 0 Å². The summed E-state index contributed by atoms with van der Waals surface area (Å²) in [5.41, 5.74) is 2.20. The Morgan fingerprint density at radius 2 is 1.59 bits per heavy atom. The molecule has 0 atom stereocenters. The van der Waals surface area contributed by atoms with Crippen molar-refractivity contribution >= 4 is 17.5 Å². The van der Waals surface area contributed by atoms with Crippen LogP contribution in [0.15, 0.2) is 36.4 Å². The summed E-state index contributed by atoms with van der Waals surface area (Å²) >= 11 is 0. The van der Waals surface area contributed by atoms with E-state index in [2.05, 4.69) is 4.90 Å². The van der Waals surface area contributed by atoms with Gasteiger partial charge in [0, 0.05) is 44.0 Å². The molecule has 2 aromatic carbocycles. The zero-order valence-electron chi connectivity index (χ0n) is 20.6. The van der Waals surface area contributed by atoms with Crippen molar-refractivity contribution in [2.24, 2.45) is 0 Å². The maximum atomic E-state index is 13.1. The first-order chi connectivity index (χ1) is 16.3. The number of ether oxygens (including phenoxy) is 3. The molecule has 8 heteroatoms. The van der Waals surface area contributed by atoms with Crippen molar-refractivity contribution in [3.8, 4) is 17.2 Å². The summed E-state index contributed by atoms with van der Waals surface area (Å²) in [6.45, 7) is 7.28. The van der Waals surface area contributed by atoms with E-state index in [0.717, 1.165) is 29.9 Å². The molecule has 0 spiro atoms. The SMILES string of the molecule is COc1ccc(CN2CCN(C(=O)CN3C(=O)C(C)(C)c4ccccc43)CC2)c(OC)c1OC. The van der Waals surface area contributed by atoms with Crippen LogP contribution in [0.1, 0.15) is 25.0 Å². The molecule has 2 heterocycles. The zero-order chi connectivity index (χ0) is 24.5. The molecule has 1 saturated heterocycles. The number of methoxy groups -OCH3 is 3. The van der Waals surface area contributed by atoms with E-state index in [1.807, 2.05) is 55.1 Å². The van der Waals surface area contributed by atoms with Crippen LogP contribution >= 0.6 is 0 Å². The average molecular weight is 468 g/mol. The van der Waals surface area contributed by atoms with Crippen LogP contribution in [-0.4, -0.2) is 75.7 Å². The largest absolute Gasteiger partial charge is 0.493 e.